The number of fused-ring (bicyclic) bond motifs is 3. The molecule has 0 fully saturated rings. The van der Waals surface area contributed by atoms with E-state index in [1.54, 1.807) is 6.07 Å². The molecule has 1 aliphatic heterocycles. The van der Waals surface area contributed by atoms with Crippen LogP contribution in [0.5, 0.6) is 0 Å². The van der Waals surface area contributed by atoms with Crippen LogP contribution < -0.4 is 5.32 Å². The molecule has 0 saturated carbocycles. The van der Waals surface area contributed by atoms with E-state index in [0.717, 1.165) is 0 Å². The third kappa shape index (κ3) is 1.42. The summed E-state index contributed by atoms with van der Waals surface area (Å²) in [6.45, 7) is 0. The molecule has 0 radical (unpaired) electrons. The van der Waals surface area contributed by atoms with Gasteiger partial charge in [-0.1, -0.05) is 17.3 Å². The monoisotopic (exact) mass is 228 g/mol. The van der Waals surface area contributed by atoms with E-state index < -0.39 is 0 Å². The minimum absolute atomic E-state index is 0.0930. The third-order valence-corrected chi connectivity index (χ3v) is 2.64. The molecule has 6 heteroatoms. The molecule has 2 heterocycles. The number of amides is 1. The van der Waals surface area contributed by atoms with Gasteiger partial charge in [0.25, 0.3) is 0 Å². The average Bonchev–Trinajstić information content (AvgIpc) is 2.66. The molecule has 0 spiro atoms. The van der Waals surface area contributed by atoms with Gasteiger partial charge in [0, 0.05) is 0 Å². The van der Waals surface area contributed by atoms with E-state index in [0.29, 0.717) is 23.4 Å². The molecule has 84 valence electrons. The molecule has 0 bridgehead atoms. The van der Waals surface area contributed by atoms with Gasteiger partial charge in [0.15, 0.2) is 6.29 Å². The number of nitrogens with one attached hydrogen (secondary N) is 1. The molecule has 17 heavy (non-hydrogen) atoms. The van der Waals surface area contributed by atoms with Crippen molar-refractivity contribution in [2.45, 2.75) is 6.42 Å². The standard InChI is InChI=1S/C11H8N4O2/c16-6-8-10-5-11(17)12-7-3-1-2-4-9(7)15(10)14-13-8/h1-4,6H,5H2,(H,12,17). The normalized spacial score (nSPS) is 13.3. The van der Waals surface area contributed by atoms with Crippen molar-refractivity contribution in [2.75, 3.05) is 5.32 Å². The summed E-state index contributed by atoms with van der Waals surface area (Å²) < 4.78 is 1.52. The van der Waals surface area contributed by atoms with E-state index >= 15 is 0 Å². The van der Waals surface area contributed by atoms with Crippen LogP contribution in [-0.2, 0) is 11.2 Å². The Morgan fingerprint density at radius 2 is 2.18 bits per heavy atom. The summed E-state index contributed by atoms with van der Waals surface area (Å²) in [5, 5.41) is 10.4. The summed E-state index contributed by atoms with van der Waals surface area (Å²) in [4.78, 5) is 22.5. The Bertz CT molecular complexity index is 618. The number of para-hydroxylation sites is 2. The number of nitrogens with zero attached hydrogens (tertiary/aromatic N) is 3. The van der Waals surface area contributed by atoms with Gasteiger partial charge in [0.1, 0.15) is 5.69 Å². The van der Waals surface area contributed by atoms with Crippen LogP contribution in [0.2, 0.25) is 0 Å². The largest absolute Gasteiger partial charge is 0.324 e. The number of aromatic nitrogens is 3. The average molecular weight is 228 g/mol. The van der Waals surface area contributed by atoms with E-state index in [2.05, 4.69) is 15.6 Å². The zero-order valence-electron chi connectivity index (χ0n) is 8.75. The molecule has 6 nitrogen and oxygen atoms in total. The summed E-state index contributed by atoms with van der Waals surface area (Å²) in [6.07, 6.45) is 0.704. The summed E-state index contributed by atoms with van der Waals surface area (Å²) in [5.41, 5.74) is 2.10. The Morgan fingerprint density at radius 1 is 1.35 bits per heavy atom. The van der Waals surface area contributed by atoms with Crippen molar-refractivity contribution in [3.63, 3.8) is 0 Å². The van der Waals surface area contributed by atoms with Crippen LogP contribution >= 0.6 is 0 Å². The highest BCUT2D eigenvalue weighted by Gasteiger charge is 2.22. The number of rotatable bonds is 1. The fraction of sp³-hybridized carbons (Fsp3) is 0.0909. The lowest BCUT2D eigenvalue weighted by atomic mass is 10.2. The van der Waals surface area contributed by atoms with Crippen molar-refractivity contribution in [2.24, 2.45) is 0 Å². The van der Waals surface area contributed by atoms with E-state index in [9.17, 15) is 9.59 Å². The van der Waals surface area contributed by atoms with Crippen molar-refractivity contribution in [3.8, 4) is 5.69 Å². The molecule has 3 rings (SSSR count). The Labute approximate surface area is 96.2 Å². The first kappa shape index (κ1) is 9.71. The maximum Gasteiger partial charge on any atom is 0.230 e. The number of anilines is 1. The van der Waals surface area contributed by atoms with Crippen molar-refractivity contribution in [1.82, 2.24) is 15.0 Å². The molecule has 2 aromatic rings. The van der Waals surface area contributed by atoms with Gasteiger partial charge in [-0.2, -0.15) is 0 Å². The summed E-state index contributed by atoms with van der Waals surface area (Å²) in [5.74, 6) is -0.179. The maximum atomic E-state index is 11.7. The number of carbonyl (C=O) groups is 2. The van der Waals surface area contributed by atoms with E-state index in [1.165, 1.54) is 4.68 Å². The maximum absolute atomic E-state index is 11.7. The van der Waals surface area contributed by atoms with Crippen molar-refractivity contribution in [1.29, 1.82) is 0 Å². The summed E-state index contributed by atoms with van der Waals surface area (Å²) in [7, 11) is 0. The van der Waals surface area contributed by atoms with Crippen LogP contribution in [0.25, 0.3) is 5.69 Å². The van der Waals surface area contributed by atoms with Gasteiger partial charge < -0.3 is 5.32 Å². The van der Waals surface area contributed by atoms with E-state index in [4.69, 9.17) is 0 Å². The first-order valence-electron chi connectivity index (χ1n) is 5.08. The zero-order valence-corrected chi connectivity index (χ0v) is 8.75. The van der Waals surface area contributed by atoms with Gasteiger partial charge in [0.05, 0.1) is 23.5 Å². The highest BCUT2D eigenvalue weighted by atomic mass is 16.1. The number of aldehydes is 1. The first-order chi connectivity index (χ1) is 8.29. The van der Waals surface area contributed by atoms with Crippen LogP contribution in [0, 0.1) is 0 Å². The second-order valence-electron chi connectivity index (χ2n) is 3.69. The Morgan fingerprint density at radius 3 is 3.00 bits per heavy atom. The quantitative estimate of drug-likeness (QED) is 0.724. The lowest BCUT2D eigenvalue weighted by Gasteiger charge is -2.05. The zero-order chi connectivity index (χ0) is 11.8. The Hall–Kier alpha value is -2.50. The molecule has 1 aromatic carbocycles. The number of hydrogen-bond donors (Lipinski definition) is 1. The lowest BCUT2D eigenvalue weighted by molar-refractivity contribution is -0.115. The molecule has 1 amide bonds. The van der Waals surface area contributed by atoms with Crippen LogP contribution in [0.1, 0.15) is 16.2 Å². The topological polar surface area (TPSA) is 76.9 Å². The molecular weight excluding hydrogens is 220 g/mol. The van der Waals surface area contributed by atoms with Gasteiger partial charge >= 0.3 is 0 Å². The van der Waals surface area contributed by atoms with Crippen molar-refractivity contribution in [3.05, 3.63) is 35.7 Å². The highest BCUT2D eigenvalue weighted by Crippen LogP contribution is 2.24. The van der Waals surface area contributed by atoms with Crippen LogP contribution in [-0.4, -0.2) is 27.2 Å². The predicted octanol–water partition coefficient (Wildman–Crippen LogP) is 0.574. The van der Waals surface area contributed by atoms with Gasteiger partial charge in [-0.3, -0.25) is 9.59 Å². The van der Waals surface area contributed by atoms with Crippen LogP contribution in [0.4, 0.5) is 5.69 Å². The first-order valence-corrected chi connectivity index (χ1v) is 5.08. The smallest absolute Gasteiger partial charge is 0.230 e. The van der Waals surface area contributed by atoms with Crippen molar-refractivity contribution >= 4 is 17.9 Å². The SMILES string of the molecule is O=Cc1nnn2c1CC(=O)Nc1ccccc1-2. The van der Waals surface area contributed by atoms with Gasteiger partial charge in [0.2, 0.25) is 5.91 Å². The van der Waals surface area contributed by atoms with Gasteiger partial charge in [-0.15, -0.1) is 5.10 Å². The highest BCUT2D eigenvalue weighted by molar-refractivity contribution is 5.96. The minimum atomic E-state index is -0.179. The molecule has 0 saturated heterocycles. The minimum Gasteiger partial charge on any atom is -0.324 e. The number of hydrogen-bond acceptors (Lipinski definition) is 4. The Balaban J connectivity index is 2.30. The second-order valence-corrected chi connectivity index (χ2v) is 3.69. The molecule has 0 aliphatic carbocycles. The number of carbonyl (C=O) groups excluding carboxylic acids is 2. The fourth-order valence-corrected chi connectivity index (χ4v) is 1.87. The lowest BCUT2D eigenvalue weighted by Crippen LogP contribution is -2.13. The molecule has 1 aliphatic rings. The van der Waals surface area contributed by atoms with Crippen LogP contribution in [0.15, 0.2) is 24.3 Å². The second kappa shape index (κ2) is 3.51. The third-order valence-electron chi connectivity index (χ3n) is 2.64. The van der Waals surface area contributed by atoms with E-state index in [1.807, 2.05) is 18.2 Å². The molecule has 1 aromatic heterocycles. The number of benzene rings is 1. The van der Waals surface area contributed by atoms with Crippen molar-refractivity contribution < 1.29 is 9.59 Å². The van der Waals surface area contributed by atoms with E-state index in [-0.39, 0.29) is 18.0 Å². The summed E-state index contributed by atoms with van der Waals surface area (Å²) in [6, 6.07) is 7.25. The molecule has 0 atom stereocenters. The molecule has 0 unspecified atom stereocenters. The fourth-order valence-electron chi connectivity index (χ4n) is 1.87. The predicted molar refractivity (Wildman–Crippen MR) is 59.1 cm³/mol. The van der Waals surface area contributed by atoms with Gasteiger partial charge in [-0.05, 0) is 12.1 Å². The van der Waals surface area contributed by atoms with Crippen LogP contribution in [0.3, 0.4) is 0 Å². The summed E-state index contributed by atoms with van der Waals surface area (Å²) >= 11 is 0. The Kier molecular flexibility index (Phi) is 2.01. The molecular formula is C11H8N4O2. The van der Waals surface area contributed by atoms with Gasteiger partial charge in [-0.25, -0.2) is 4.68 Å². The molecule has 1 N–H and O–H groups in total.